The van der Waals surface area contributed by atoms with Crippen molar-refractivity contribution in [3.63, 3.8) is 0 Å². The zero-order chi connectivity index (χ0) is 16.3. The average Bonchev–Trinajstić information content (AvgIpc) is 2.96. The summed E-state index contributed by atoms with van der Waals surface area (Å²) in [4.78, 5) is 16.4. The van der Waals surface area contributed by atoms with E-state index >= 15 is 0 Å². The number of anilines is 1. The molecule has 0 bridgehead atoms. The number of amides is 1. The van der Waals surface area contributed by atoms with E-state index in [1.165, 1.54) is 0 Å². The van der Waals surface area contributed by atoms with Crippen LogP contribution < -0.4 is 10.2 Å². The molecule has 7 heteroatoms. The molecule has 0 radical (unpaired) electrons. The first kappa shape index (κ1) is 19.7. The third kappa shape index (κ3) is 4.13. The fourth-order valence-corrected chi connectivity index (χ4v) is 4.91. The molecule has 0 saturated carbocycles. The van der Waals surface area contributed by atoms with Crippen molar-refractivity contribution in [2.75, 3.05) is 36.8 Å². The minimum absolute atomic E-state index is 0. The highest BCUT2D eigenvalue weighted by Crippen LogP contribution is 2.37. The number of unbranched alkanes of at least 4 members (excludes halogenated alkanes) is 1. The van der Waals surface area contributed by atoms with Crippen molar-refractivity contribution in [1.29, 1.82) is 0 Å². The number of nitrogens with one attached hydrogen (secondary N) is 1. The van der Waals surface area contributed by atoms with Crippen molar-refractivity contribution in [2.24, 2.45) is 0 Å². The van der Waals surface area contributed by atoms with Crippen LogP contribution >= 0.6 is 35.8 Å². The second-order valence-electron chi connectivity index (χ2n) is 6.15. The zero-order valence-electron chi connectivity index (χ0n) is 14.0. The number of thioether (sulfide) groups is 1. The van der Waals surface area contributed by atoms with E-state index < -0.39 is 0 Å². The summed E-state index contributed by atoms with van der Waals surface area (Å²) >= 11 is 8.08. The van der Waals surface area contributed by atoms with Crippen LogP contribution in [0.2, 0.25) is 5.02 Å². The van der Waals surface area contributed by atoms with Crippen molar-refractivity contribution >= 4 is 47.4 Å². The number of halogens is 2. The molecule has 1 N–H and O–H groups in total. The molecule has 1 aromatic rings. The normalized spacial score (nSPS) is 24.6. The number of piperazine rings is 1. The van der Waals surface area contributed by atoms with Gasteiger partial charge in [-0.3, -0.25) is 9.69 Å². The van der Waals surface area contributed by atoms with Crippen molar-refractivity contribution < 1.29 is 4.79 Å². The molecule has 2 fully saturated rings. The molecule has 2 heterocycles. The van der Waals surface area contributed by atoms with Gasteiger partial charge >= 0.3 is 0 Å². The van der Waals surface area contributed by atoms with Crippen LogP contribution in [-0.2, 0) is 4.79 Å². The van der Waals surface area contributed by atoms with Crippen molar-refractivity contribution in [2.45, 2.75) is 31.2 Å². The van der Waals surface area contributed by atoms with Crippen LogP contribution in [0.3, 0.4) is 0 Å². The number of carbonyl (C=O) groups is 1. The lowest BCUT2D eigenvalue weighted by Crippen LogP contribution is -2.60. The molecule has 134 valence electrons. The number of rotatable bonds is 5. The fraction of sp³-hybridized carbons (Fsp3) is 0.588. The molecule has 2 aliphatic rings. The van der Waals surface area contributed by atoms with E-state index in [0.717, 1.165) is 56.2 Å². The summed E-state index contributed by atoms with van der Waals surface area (Å²) < 4.78 is 0. The van der Waals surface area contributed by atoms with E-state index in [2.05, 4.69) is 28.1 Å². The molecule has 0 aliphatic carbocycles. The van der Waals surface area contributed by atoms with Crippen LogP contribution in [0.15, 0.2) is 24.3 Å². The topological polar surface area (TPSA) is 35.6 Å². The van der Waals surface area contributed by atoms with Gasteiger partial charge in [0.15, 0.2) is 0 Å². The lowest BCUT2D eigenvalue weighted by Gasteiger charge is -2.45. The Balaban J connectivity index is 0.00000208. The Morgan fingerprint density at radius 3 is 2.54 bits per heavy atom. The van der Waals surface area contributed by atoms with Crippen molar-refractivity contribution in [1.82, 2.24) is 10.2 Å². The quantitative estimate of drug-likeness (QED) is 0.834. The standard InChI is InChI=1S/C17H24ClN3OS.ClH/c1-2-3-8-17(19-16(22)13-23-17)21-11-9-20(10-12-21)15-7-5-4-6-14(15)18;/h4-7H,2-3,8-13H2,1H3,(H,19,22);1H. The first-order chi connectivity index (χ1) is 11.1. The van der Waals surface area contributed by atoms with Crippen LogP contribution in [0.25, 0.3) is 0 Å². The summed E-state index contributed by atoms with van der Waals surface area (Å²) in [7, 11) is 0. The van der Waals surface area contributed by atoms with E-state index in [0.29, 0.717) is 5.75 Å². The fourth-order valence-electron chi connectivity index (χ4n) is 3.37. The molecule has 3 rings (SSSR count). The van der Waals surface area contributed by atoms with Crippen molar-refractivity contribution in [3.05, 3.63) is 29.3 Å². The van der Waals surface area contributed by atoms with Gasteiger partial charge in [-0.15, -0.1) is 24.2 Å². The number of nitrogens with zero attached hydrogens (tertiary/aromatic N) is 2. The maximum Gasteiger partial charge on any atom is 0.232 e. The largest absolute Gasteiger partial charge is 0.368 e. The number of para-hydroxylation sites is 1. The van der Waals surface area contributed by atoms with Gasteiger partial charge in [0.2, 0.25) is 5.91 Å². The lowest BCUT2D eigenvalue weighted by molar-refractivity contribution is -0.120. The van der Waals surface area contributed by atoms with Crippen LogP contribution in [0.1, 0.15) is 26.2 Å². The van der Waals surface area contributed by atoms with E-state index in [1.807, 2.05) is 18.2 Å². The molecule has 2 saturated heterocycles. The first-order valence-corrected chi connectivity index (χ1v) is 9.70. The lowest BCUT2D eigenvalue weighted by atomic mass is 10.1. The molecule has 1 unspecified atom stereocenters. The minimum atomic E-state index is -0.195. The molecule has 24 heavy (non-hydrogen) atoms. The molecule has 1 aromatic carbocycles. The Morgan fingerprint density at radius 2 is 1.96 bits per heavy atom. The molecule has 0 spiro atoms. The molecule has 1 amide bonds. The predicted octanol–water partition coefficient (Wildman–Crippen LogP) is 3.59. The summed E-state index contributed by atoms with van der Waals surface area (Å²) in [6, 6.07) is 8.02. The minimum Gasteiger partial charge on any atom is -0.368 e. The Labute approximate surface area is 159 Å². The van der Waals surface area contributed by atoms with E-state index in [4.69, 9.17) is 11.6 Å². The molecule has 0 aromatic heterocycles. The summed E-state index contributed by atoms with van der Waals surface area (Å²) in [5.74, 6) is 0.744. The van der Waals surface area contributed by atoms with Crippen LogP contribution in [0.5, 0.6) is 0 Å². The smallest absolute Gasteiger partial charge is 0.232 e. The van der Waals surface area contributed by atoms with Gasteiger partial charge in [-0.25, -0.2) is 0 Å². The second-order valence-corrected chi connectivity index (χ2v) is 7.81. The molecular weight excluding hydrogens is 365 g/mol. The third-order valence-corrected chi connectivity index (χ3v) is 6.40. The summed E-state index contributed by atoms with van der Waals surface area (Å²) in [6.07, 6.45) is 3.31. The first-order valence-electron chi connectivity index (χ1n) is 8.34. The van der Waals surface area contributed by atoms with Crippen LogP contribution in [0, 0.1) is 0 Å². The maximum absolute atomic E-state index is 11.8. The summed E-state index contributed by atoms with van der Waals surface area (Å²) in [6.45, 7) is 5.97. The number of carbonyl (C=O) groups excluding carboxylic acids is 1. The van der Waals surface area contributed by atoms with Crippen molar-refractivity contribution in [3.8, 4) is 0 Å². The summed E-state index contributed by atoms with van der Waals surface area (Å²) in [5, 5.41) is 4.05. The van der Waals surface area contributed by atoms with E-state index in [-0.39, 0.29) is 23.3 Å². The molecular formula is C17H25Cl2N3OS. The average molecular weight is 390 g/mol. The van der Waals surface area contributed by atoms with Gasteiger partial charge in [-0.05, 0) is 25.0 Å². The summed E-state index contributed by atoms with van der Waals surface area (Å²) in [5.41, 5.74) is 1.11. The molecule has 4 nitrogen and oxygen atoms in total. The maximum atomic E-state index is 11.8. The van der Waals surface area contributed by atoms with Crippen LogP contribution in [-0.4, -0.2) is 47.7 Å². The highest BCUT2D eigenvalue weighted by molar-refractivity contribution is 8.01. The van der Waals surface area contributed by atoms with Gasteiger partial charge in [0.1, 0.15) is 4.99 Å². The van der Waals surface area contributed by atoms with Crippen LogP contribution in [0.4, 0.5) is 5.69 Å². The number of hydrogen-bond donors (Lipinski definition) is 1. The predicted molar refractivity (Wildman–Crippen MR) is 105 cm³/mol. The highest BCUT2D eigenvalue weighted by atomic mass is 35.5. The Morgan fingerprint density at radius 1 is 1.25 bits per heavy atom. The Hall–Kier alpha value is -0.620. The van der Waals surface area contributed by atoms with Gasteiger partial charge in [-0.2, -0.15) is 0 Å². The van der Waals surface area contributed by atoms with E-state index in [9.17, 15) is 4.79 Å². The van der Waals surface area contributed by atoms with Gasteiger partial charge in [-0.1, -0.05) is 37.1 Å². The Bertz CT molecular complexity index is 567. The Kier molecular flexibility index (Phi) is 7.10. The number of benzene rings is 1. The van der Waals surface area contributed by atoms with Gasteiger partial charge in [0, 0.05) is 26.2 Å². The molecule has 1 atom stereocenters. The second kappa shape index (κ2) is 8.65. The van der Waals surface area contributed by atoms with Gasteiger partial charge < -0.3 is 10.2 Å². The number of hydrogen-bond acceptors (Lipinski definition) is 4. The van der Waals surface area contributed by atoms with Gasteiger partial charge in [0.25, 0.3) is 0 Å². The zero-order valence-corrected chi connectivity index (χ0v) is 16.4. The highest BCUT2D eigenvalue weighted by Gasteiger charge is 2.44. The van der Waals surface area contributed by atoms with E-state index in [1.54, 1.807) is 11.8 Å². The monoisotopic (exact) mass is 389 g/mol. The van der Waals surface area contributed by atoms with Gasteiger partial charge in [0.05, 0.1) is 16.5 Å². The molecule has 2 aliphatic heterocycles. The third-order valence-electron chi connectivity index (χ3n) is 4.63. The SMILES string of the molecule is CCCCC1(N2CCN(c3ccccc3Cl)CC2)NC(=O)CS1.Cl.